The van der Waals surface area contributed by atoms with Crippen LogP contribution < -0.4 is 4.74 Å². The maximum atomic E-state index is 15.1. The van der Waals surface area contributed by atoms with Gasteiger partial charge in [0.2, 0.25) is 0 Å². The lowest BCUT2D eigenvalue weighted by atomic mass is 9.77. The average molecular weight is 631 g/mol. The standard InChI is InChI=1S/C36H30F8O/c1-2-3-4-5-21-6-8-23(9-7-21)25-17-30(38)34(31(39)18-25)36(43,44)45-27-13-10-22(11-14-27)24-12-15-28(29(37)16-24)26-19-32(40)35(42)33(41)20-26/h2-3,10-21,23H,4-9H2,1H3/b3-2+. The largest absolute Gasteiger partial charge is 0.432 e. The molecule has 236 valence electrons. The molecule has 0 heterocycles. The normalized spacial score (nSPS) is 17.2. The van der Waals surface area contributed by atoms with Crippen molar-refractivity contribution in [2.45, 2.75) is 57.5 Å². The summed E-state index contributed by atoms with van der Waals surface area (Å²) in [5.41, 5.74) is -0.866. The summed E-state index contributed by atoms with van der Waals surface area (Å²) < 4.78 is 120. The Hall–Kier alpha value is -4.14. The van der Waals surface area contributed by atoms with Crippen molar-refractivity contribution in [3.05, 3.63) is 125 Å². The molecule has 0 saturated heterocycles. The van der Waals surface area contributed by atoms with Gasteiger partial charge in [-0.3, -0.25) is 0 Å². The number of benzene rings is 4. The predicted molar refractivity (Wildman–Crippen MR) is 157 cm³/mol. The SMILES string of the molecule is C/C=C/CCC1CCC(c2cc(F)c(C(F)(F)Oc3ccc(-c4ccc(-c5cc(F)c(F)c(F)c5)c(F)c4)cc3)c(F)c2)CC1. The van der Waals surface area contributed by atoms with Crippen LogP contribution in [0.2, 0.25) is 0 Å². The van der Waals surface area contributed by atoms with Gasteiger partial charge >= 0.3 is 6.11 Å². The summed E-state index contributed by atoms with van der Waals surface area (Å²) >= 11 is 0. The van der Waals surface area contributed by atoms with Gasteiger partial charge in [0, 0.05) is 5.56 Å². The summed E-state index contributed by atoms with van der Waals surface area (Å²) in [6, 6.07) is 11.9. The Labute approximate surface area is 256 Å². The Morgan fingerprint density at radius 3 is 1.84 bits per heavy atom. The first-order chi connectivity index (χ1) is 21.5. The first-order valence-corrected chi connectivity index (χ1v) is 14.7. The molecule has 0 spiro atoms. The molecule has 1 fully saturated rings. The molecule has 0 bridgehead atoms. The van der Waals surface area contributed by atoms with Crippen molar-refractivity contribution < 1.29 is 39.9 Å². The van der Waals surface area contributed by atoms with Gasteiger partial charge in [-0.25, -0.2) is 26.3 Å². The molecular weight excluding hydrogens is 600 g/mol. The van der Waals surface area contributed by atoms with Gasteiger partial charge in [-0.2, -0.15) is 8.78 Å². The van der Waals surface area contributed by atoms with Crippen LogP contribution in [0.25, 0.3) is 22.3 Å². The third kappa shape index (κ3) is 7.24. The van der Waals surface area contributed by atoms with Crippen molar-refractivity contribution in [2.75, 3.05) is 0 Å². The monoisotopic (exact) mass is 630 g/mol. The number of ether oxygens (including phenoxy) is 1. The van der Waals surface area contributed by atoms with Gasteiger partial charge in [0.15, 0.2) is 17.5 Å². The lowest BCUT2D eigenvalue weighted by Crippen LogP contribution is -2.25. The molecule has 0 unspecified atom stereocenters. The van der Waals surface area contributed by atoms with Crippen molar-refractivity contribution >= 4 is 0 Å². The summed E-state index contributed by atoms with van der Waals surface area (Å²) in [5.74, 6) is -8.22. The van der Waals surface area contributed by atoms with Crippen molar-refractivity contribution in [3.63, 3.8) is 0 Å². The first-order valence-electron chi connectivity index (χ1n) is 14.7. The van der Waals surface area contributed by atoms with Crippen LogP contribution in [0, 0.1) is 40.8 Å². The second-order valence-corrected chi connectivity index (χ2v) is 11.3. The Morgan fingerprint density at radius 2 is 1.27 bits per heavy atom. The van der Waals surface area contributed by atoms with Gasteiger partial charge in [0.1, 0.15) is 28.8 Å². The molecule has 1 saturated carbocycles. The molecule has 9 heteroatoms. The molecule has 0 aliphatic heterocycles. The van der Waals surface area contributed by atoms with E-state index in [1.807, 2.05) is 13.0 Å². The third-order valence-corrected chi connectivity index (χ3v) is 8.35. The Morgan fingerprint density at radius 1 is 0.689 bits per heavy atom. The van der Waals surface area contributed by atoms with E-state index in [1.54, 1.807) is 0 Å². The van der Waals surface area contributed by atoms with Gasteiger partial charge in [0.05, 0.1) is 0 Å². The number of hydrogen-bond acceptors (Lipinski definition) is 1. The first kappa shape index (κ1) is 32.3. The van der Waals surface area contributed by atoms with Gasteiger partial charge < -0.3 is 4.74 Å². The zero-order chi connectivity index (χ0) is 32.3. The summed E-state index contributed by atoms with van der Waals surface area (Å²) in [5, 5.41) is 0. The fourth-order valence-electron chi connectivity index (χ4n) is 5.94. The number of hydrogen-bond donors (Lipinski definition) is 0. The van der Waals surface area contributed by atoms with E-state index < -0.39 is 52.3 Å². The van der Waals surface area contributed by atoms with Gasteiger partial charge in [0.25, 0.3) is 0 Å². The second-order valence-electron chi connectivity index (χ2n) is 11.3. The molecule has 5 rings (SSSR count). The number of rotatable bonds is 9. The lowest BCUT2D eigenvalue weighted by Gasteiger charge is -2.29. The molecule has 0 aromatic heterocycles. The van der Waals surface area contributed by atoms with Crippen molar-refractivity contribution in [1.29, 1.82) is 0 Å². The smallest absolute Gasteiger partial charge is 0.429 e. The van der Waals surface area contributed by atoms with Crippen LogP contribution in [-0.2, 0) is 6.11 Å². The molecule has 0 atom stereocenters. The number of alkyl halides is 2. The van der Waals surface area contributed by atoms with Crippen LogP contribution in [0.5, 0.6) is 5.75 Å². The van der Waals surface area contributed by atoms with E-state index in [2.05, 4.69) is 6.08 Å². The maximum Gasteiger partial charge on any atom is 0.432 e. The number of halogens is 8. The lowest BCUT2D eigenvalue weighted by molar-refractivity contribution is -0.189. The minimum Gasteiger partial charge on any atom is -0.429 e. The van der Waals surface area contributed by atoms with Gasteiger partial charge in [-0.1, -0.05) is 36.4 Å². The van der Waals surface area contributed by atoms with E-state index in [9.17, 15) is 26.3 Å². The minimum absolute atomic E-state index is 0.111. The van der Waals surface area contributed by atoms with E-state index in [1.165, 1.54) is 24.3 Å². The van der Waals surface area contributed by atoms with Gasteiger partial charge in [-0.05, 0) is 122 Å². The highest BCUT2D eigenvalue weighted by Gasteiger charge is 2.41. The fourth-order valence-corrected chi connectivity index (χ4v) is 5.94. The second kappa shape index (κ2) is 13.5. The molecule has 1 aliphatic rings. The fraction of sp³-hybridized carbons (Fsp3) is 0.278. The van der Waals surface area contributed by atoms with E-state index in [-0.39, 0.29) is 22.6 Å². The molecule has 0 N–H and O–H groups in total. The van der Waals surface area contributed by atoms with Crippen LogP contribution >= 0.6 is 0 Å². The zero-order valence-electron chi connectivity index (χ0n) is 24.3. The Kier molecular flexibility index (Phi) is 9.65. The predicted octanol–water partition coefficient (Wildman–Crippen LogP) is 11.6. The highest BCUT2D eigenvalue weighted by molar-refractivity contribution is 5.71. The molecule has 4 aromatic carbocycles. The van der Waals surface area contributed by atoms with Crippen LogP contribution in [0.1, 0.15) is 62.5 Å². The van der Waals surface area contributed by atoms with E-state index in [0.717, 1.165) is 68.9 Å². The van der Waals surface area contributed by atoms with E-state index >= 15 is 8.78 Å². The van der Waals surface area contributed by atoms with Crippen molar-refractivity contribution in [2.24, 2.45) is 5.92 Å². The molecule has 0 amide bonds. The summed E-state index contributed by atoms with van der Waals surface area (Å²) in [4.78, 5) is 0. The quantitative estimate of drug-likeness (QED) is 0.102. The highest BCUT2D eigenvalue weighted by Crippen LogP contribution is 2.41. The molecule has 1 nitrogen and oxygen atoms in total. The van der Waals surface area contributed by atoms with E-state index in [4.69, 9.17) is 4.74 Å². The number of allylic oxidation sites excluding steroid dienone is 2. The summed E-state index contributed by atoms with van der Waals surface area (Å²) in [6.45, 7) is 1.97. The summed E-state index contributed by atoms with van der Waals surface area (Å²) in [6.07, 6.45) is 5.10. The topological polar surface area (TPSA) is 9.23 Å². The Balaban J connectivity index is 1.27. The minimum atomic E-state index is -4.33. The summed E-state index contributed by atoms with van der Waals surface area (Å²) in [7, 11) is 0. The van der Waals surface area contributed by atoms with Crippen LogP contribution in [-0.4, -0.2) is 0 Å². The van der Waals surface area contributed by atoms with Crippen LogP contribution in [0.4, 0.5) is 35.1 Å². The molecule has 4 aromatic rings. The zero-order valence-corrected chi connectivity index (χ0v) is 24.3. The highest BCUT2D eigenvalue weighted by atomic mass is 19.3. The average Bonchev–Trinajstić information content (AvgIpc) is 2.99. The Bertz CT molecular complexity index is 1640. The molecule has 1 aliphatic carbocycles. The molecule has 0 radical (unpaired) electrons. The van der Waals surface area contributed by atoms with Gasteiger partial charge in [-0.15, -0.1) is 0 Å². The maximum absolute atomic E-state index is 15.1. The molecule has 45 heavy (non-hydrogen) atoms. The van der Waals surface area contributed by atoms with Crippen molar-refractivity contribution in [1.82, 2.24) is 0 Å². The van der Waals surface area contributed by atoms with E-state index in [0.29, 0.717) is 29.2 Å². The van der Waals surface area contributed by atoms with Crippen LogP contribution in [0.3, 0.4) is 0 Å². The van der Waals surface area contributed by atoms with Crippen molar-refractivity contribution in [3.8, 4) is 28.0 Å². The molecular formula is C36H30F8O. The van der Waals surface area contributed by atoms with Crippen LogP contribution in [0.15, 0.2) is 78.9 Å². The third-order valence-electron chi connectivity index (χ3n) is 8.35.